The summed E-state index contributed by atoms with van der Waals surface area (Å²) in [6, 6.07) is -0.602. The lowest BCUT2D eigenvalue weighted by Gasteiger charge is -2.32. The van der Waals surface area contributed by atoms with E-state index >= 15 is 0 Å². The highest BCUT2D eigenvalue weighted by Crippen LogP contribution is 2.37. The third-order valence-corrected chi connectivity index (χ3v) is 4.02. The second-order valence-electron chi connectivity index (χ2n) is 5.81. The third kappa shape index (κ3) is 5.31. The number of nitrogens with one attached hydrogen (secondary N) is 2. The first-order valence-corrected chi connectivity index (χ1v) is 7.37. The van der Waals surface area contributed by atoms with Gasteiger partial charge in [0.15, 0.2) is 0 Å². The molecule has 118 valence electrons. The fraction of sp³-hybridized carbons (Fsp3) is 0.929. The van der Waals surface area contributed by atoms with Gasteiger partial charge < -0.3 is 10.6 Å². The van der Waals surface area contributed by atoms with Gasteiger partial charge in [0.05, 0.1) is 12.0 Å². The molecule has 0 aliphatic heterocycles. The summed E-state index contributed by atoms with van der Waals surface area (Å²) in [5, 5.41) is 5.87. The van der Waals surface area contributed by atoms with Gasteiger partial charge in [-0.1, -0.05) is 13.3 Å². The predicted molar refractivity (Wildman–Crippen MR) is 72.3 cm³/mol. The van der Waals surface area contributed by atoms with E-state index < -0.39 is 18.1 Å². The van der Waals surface area contributed by atoms with Gasteiger partial charge in [-0.3, -0.25) is 4.79 Å². The average molecular weight is 294 g/mol. The van der Waals surface area contributed by atoms with Crippen LogP contribution in [0, 0.1) is 5.92 Å². The second kappa shape index (κ2) is 7.29. The molecule has 2 N–H and O–H groups in total. The van der Waals surface area contributed by atoms with Crippen LogP contribution in [0.1, 0.15) is 52.9 Å². The van der Waals surface area contributed by atoms with E-state index in [-0.39, 0.29) is 30.8 Å². The van der Waals surface area contributed by atoms with Gasteiger partial charge in [-0.25, -0.2) is 0 Å². The smallest absolute Gasteiger partial charge is 0.352 e. The Morgan fingerprint density at radius 2 is 1.95 bits per heavy atom. The first kappa shape index (κ1) is 17.3. The Kier molecular flexibility index (Phi) is 6.30. The van der Waals surface area contributed by atoms with Crippen LogP contribution in [0.4, 0.5) is 13.2 Å². The predicted octanol–water partition coefficient (Wildman–Crippen LogP) is 3.00. The number of carbonyl (C=O) groups is 1. The molecule has 0 spiro atoms. The summed E-state index contributed by atoms with van der Waals surface area (Å²) in [5.74, 6) is -1.38. The summed E-state index contributed by atoms with van der Waals surface area (Å²) < 4.78 is 38.2. The van der Waals surface area contributed by atoms with Crippen LogP contribution in [-0.2, 0) is 4.79 Å². The summed E-state index contributed by atoms with van der Waals surface area (Å²) in [7, 11) is 0. The lowest BCUT2D eigenvalue weighted by molar-refractivity contribution is -0.183. The molecular formula is C14H25F3N2O. The van der Waals surface area contributed by atoms with Gasteiger partial charge in [0.25, 0.3) is 0 Å². The number of halogens is 3. The number of alkyl halides is 3. The van der Waals surface area contributed by atoms with Gasteiger partial charge in [-0.15, -0.1) is 0 Å². The number of hydrogen-bond donors (Lipinski definition) is 2. The highest BCUT2D eigenvalue weighted by atomic mass is 19.4. The Balaban J connectivity index is 2.45. The Morgan fingerprint density at radius 1 is 1.30 bits per heavy atom. The Bertz CT molecular complexity index is 320. The van der Waals surface area contributed by atoms with Gasteiger partial charge in [0.2, 0.25) is 5.91 Å². The molecule has 1 fully saturated rings. The fourth-order valence-corrected chi connectivity index (χ4v) is 2.54. The molecular weight excluding hydrogens is 269 g/mol. The molecule has 1 saturated carbocycles. The van der Waals surface area contributed by atoms with E-state index in [1.807, 2.05) is 13.8 Å². The molecule has 3 nitrogen and oxygen atoms in total. The minimum absolute atomic E-state index is 0.0739. The van der Waals surface area contributed by atoms with Crippen molar-refractivity contribution in [3.05, 3.63) is 0 Å². The summed E-state index contributed by atoms with van der Waals surface area (Å²) in [5.41, 5.74) is 0. The zero-order valence-electron chi connectivity index (χ0n) is 12.4. The maximum atomic E-state index is 12.7. The van der Waals surface area contributed by atoms with Gasteiger partial charge in [0.1, 0.15) is 0 Å². The largest absolute Gasteiger partial charge is 0.391 e. The van der Waals surface area contributed by atoms with Crippen molar-refractivity contribution < 1.29 is 18.0 Å². The van der Waals surface area contributed by atoms with Gasteiger partial charge in [0, 0.05) is 12.1 Å². The van der Waals surface area contributed by atoms with Crippen LogP contribution in [0.25, 0.3) is 0 Å². The first-order chi connectivity index (χ1) is 9.24. The molecule has 0 unspecified atom stereocenters. The van der Waals surface area contributed by atoms with Crippen LogP contribution in [0.5, 0.6) is 0 Å². The van der Waals surface area contributed by atoms with Crippen molar-refractivity contribution in [1.82, 2.24) is 10.6 Å². The van der Waals surface area contributed by atoms with Crippen LogP contribution in [-0.4, -0.2) is 30.2 Å². The maximum absolute atomic E-state index is 12.7. The molecule has 0 aromatic carbocycles. The van der Waals surface area contributed by atoms with Crippen LogP contribution >= 0.6 is 0 Å². The molecule has 1 rings (SSSR count). The van der Waals surface area contributed by atoms with Crippen molar-refractivity contribution in [3.63, 3.8) is 0 Å². The minimum Gasteiger partial charge on any atom is -0.352 e. The van der Waals surface area contributed by atoms with Crippen molar-refractivity contribution in [2.75, 3.05) is 0 Å². The van der Waals surface area contributed by atoms with Gasteiger partial charge in [-0.05, 0) is 39.5 Å². The van der Waals surface area contributed by atoms with E-state index in [4.69, 9.17) is 0 Å². The molecule has 0 aromatic heterocycles. The first-order valence-electron chi connectivity index (χ1n) is 7.37. The molecule has 0 saturated heterocycles. The van der Waals surface area contributed by atoms with E-state index in [9.17, 15) is 18.0 Å². The average Bonchev–Trinajstić information content (AvgIpc) is 2.37. The highest BCUT2D eigenvalue weighted by molar-refractivity contribution is 5.81. The lowest BCUT2D eigenvalue weighted by atomic mass is 9.85. The van der Waals surface area contributed by atoms with E-state index in [2.05, 4.69) is 10.6 Å². The lowest BCUT2D eigenvalue weighted by Crippen LogP contribution is -2.50. The molecule has 0 bridgehead atoms. The van der Waals surface area contributed by atoms with Crippen molar-refractivity contribution in [2.24, 2.45) is 5.92 Å². The summed E-state index contributed by atoms with van der Waals surface area (Å²) in [4.78, 5) is 11.9. The normalized spacial score (nSPS) is 26.9. The van der Waals surface area contributed by atoms with Crippen molar-refractivity contribution in [1.29, 1.82) is 0 Å². The zero-order chi connectivity index (χ0) is 15.3. The minimum atomic E-state index is -4.12. The third-order valence-electron chi connectivity index (χ3n) is 4.02. The number of hydrogen-bond acceptors (Lipinski definition) is 2. The molecule has 0 radical (unpaired) electrons. The van der Waals surface area contributed by atoms with Crippen molar-refractivity contribution >= 4 is 5.91 Å². The molecule has 20 heavy (non-hydrogen) atoms. The van der Waals surface area contributed by atoms with Crippen molar-refractivity contribution in [2.45, 2.75) is 77.2 Å². The van der Waals surface area contributed by atoms with E-state index in [1.165, 1.54) is 0 Å². The fourth-order valence-electron chi connectivity index (χ4n) is 2.54. The zero-order valence-corrected chi connectivity index (χ0v) is 12.4. The maximum Gasteiger partial charge on any atom is 0.391 e. The molecule has 0 aromatic rings. The van der Waals surface area contributed by atoms with Gasteiger partial charge in [-0.2, -0.15) is 13.2 Å². The van der Waals surface area contributed by atoms with E-state index in [0.717, 1.165) is 6.42 Å². The quantitative estimate of drug-likeness (QED) is 0.818. The molecule has 1 aliphatic rings. The molecule has 1 aliphatic carbocycles. The number of amides is 1. The molecule has 4 atom stereocenters. The second-order valence-corrected chi connectivity index (χ2v) is 5.81. The van der Waals surface area contributed by atoms with E-state index in [1.54, 1.807) is 6.92 Å². The molecule has 0 heterocycles. The molecule has 1 amide bonds. The Morgan fingerprint density at radius 3 is 2.50 bits per heavy atom. The summed E-state index contributed by atoms with van der Waals surface area (Å²) in [6.45, 7) is 5.58. The summed E-state index contributed by atoms with van der Waals surface area (Å²) in [6.07, 6.45) is -1.75. The number of rotatable bonds is 5. The number of carbonyl (C=O) groups excluding carboxylic acids is 1. The van der Waals surface area contributed by atoms with Crippen LogP contribution in [0.15, 0.2) is 0 Å². The topological polar surface area (TPSA) is 41.1 Å². The SMILES string of the molecule is CC[C@H](C)NC(=O)[C@H](C)N[C@@H]1CCC[C@H](C(F)(F)F)C1. The van der Waals surface area contributed by atoms with Gasteiger partial charge >= 0.3 is 6.18 Å². The standard InChI is InChI=1S/C14H25F3N2O/c1-4-9(2)18-13(20)10(3)19-12-7-5-6-11(8-12)14(15,16)17/h9-12,19H,4-8H2,1-3H3,(H,18,20)/t9-,10-,11-,12+/m0/s1. The van der Waals surface area contributed by atoms with Crippen molar-refractivity contribution in [3.8, 4) is 0 Å². The van der Waals surface area contributed by atoms with Crippen LogP contribution < -0.4 is 10.6 Å². The summed E-state index contributed by atoms with van der Waals surface area (Å²) >= 11 is 0. The van der Waals surface area contributed by atoms with Crippen LogP contribution in [0.3, 0.4) is 0 Å². The monoisotopic (exact) mass is 294 g/mol. The van der Waals surface area contributed by atoms with E-state index in [0.29, 0.717) is 12.8 Å². The Labute approximate surface area is 118 Å². The van der Waals surface area contributed by atoms with Crippen LogP contribution in [0.2, 0.25) is 0 Å². The highest BCUT2D eigenvalue weighted by Gasteiger charge is 2.42. The Hall–Kier alpha value is -0.780. The molecule has 6 heteroatoms.